The molecule has 32 heavy (non-hydrogen) atoms. The number of nitrogens with one attached hydrogen (secondary N) is 2. The van der Waals surface area contributed by atoms with Crippen LogP contribution in [0.5, 0.6) is 5.75 Å². The molecule has 10 heteroatoms. The van der Waals surface area contributed by atoms with Crippen molar-refractivity contribution in [2.45, 2.75) is 76.6 Å². The maximum atomic E-state index is 12.1. The van der Waals surface area contributed by atoms with Crippen LogP contribution in [0.3, 0.4) is 0 Å². The minimum Gasteiger partial charge on any atom is -0.485 e. The van der Waals surface area contributed by atoms with E-state index >= 15 is 0 Å². The molecule has 3 amide bonds. The van der Waals surface area contributed by atoms with E-state index in [4.69, 9.17) is 10.6 Å². The second-order valence-electron chi connectivity index (χ2n) is 8.40. The zero-order valence-corrected chi connectivity index (χ0v) is 19.7. The first-order valence-corrected chi connectivity index (χ1v) is 12.0. The number of amides is 3. The van der Waals surface area contributed by atoms with E-state index in [0.29, 0.717) is 16.9 Å². The van der Waals surface area contributed by atoms with E-state index in [2.05, 4.69) is 46.8 Å². The smallest absolute Gasteiger partial charge is 0.321 e. The lowest BCUT2D eigenvalue weighted by Crippen LogP contribution is -2.45. The molecule has 1 aliphatic carbocycles. The number of nitrogens with two attached hydrogens (primary N) is 1. The second-order valence-corrected chi connectivity index (χ2v) is 9.34. The molecule has 1 fully saturated rings. The van der Waals surface area contributed by atoms with Crippen molar-refractivity contribution >= 4 is 23.7 Å². The zero-order chi connectivity index (χ0) is 23.1. The number of imide groups is 1. The van der Waals surface area contributed by atoms with Crippen LogP contribution in [0.25, 0.3) is 0 Å². The average Bonchev–Trinajstić information content (AvgIpc) is 3.10. The minimum absolute atomic E-state index is 0.00363. The van der Waals surface area contributed by atoms with Crippen LogP contribution in [0.2, 0.25) is 0 Å². The molecule has 0 unspecified atom stereocenters. The van der Waals surface area contributed by atoms with Crippen molar-refractivity contribution in [3.05, 3.63) is 35.2 Å². The minimum atomic E-state index is -0.454. The first kappa shape index (κ1) is 23.9. The Morgan fingerprint density at radius 3 is 2.72 bits per heavy atom. The number of ether oxygens (including phenoxy) is 1. The Balaban J connectivity index is 1.49. The van der Waals surface area contributed by atoms with Crippen molar-refractivity contribution in [1.82, 2.24) is 25.5 Å². The molecular formula is C22H32N6O3S. The number of rotatable bonds is 8. The third-order valence-electron chi connectivity index (χ3n) is 5.41. The summed E-state index contributed by atoms with van der Waals surface area (Å²) in [6.45, 7) is 6.39. The Hall–Kier alpha value is -2.75. The lowest BCUT2D eigenvalue weighted by atomic mass is 9.96. The first-order chi connectivity index (χ1) is 15.3. The highest BCUT2D eigenvalue weighted by Gasteiger charge is 2.18. The molecule has 1 heterocycles. The summed E-state index contributed by atoms with van der Waals surface area (Å²) in [5, 5.41) is 13.7. The highest BCUT2D eigenvalue weighted by molar-refractivity contribution is 7.99. The van der Waals surface area contributed by atoms with Gasteiger partial charge in [-0.3, -0.25) is 10.1 Å². The van der Waals surface area contributed by atoms with Crippen LogP contribution in [0.15, 0.2) is 23.4 Å². The monoisotopic (exact) mass is 460 g/mol. The van der Waals surface area contributed by atoms with E-state index in [9.17, 15) is 9.59 Å². The van der Waals surface area contributed by atoms with Gasteiger partial charge in [0.15, 0.2) is 5.82 Å². The molecule has 2 aromatic rings. The summed E-state index contributed by atoms with van der Waals surface area (Å²) in [6, 6.07) is 5.80. The van der Waals surface area contributed by atoms with Crippen molar-refractivity contribution in [1.29, 1.82) is 0 Å². The van der Waals surface area contributed by atoms with Crippen molar-refractivity contribution in [3.8, 4) is 5.75 Å². The summed E-state index contributed by atoms with van der Waals surface area (Å²) in [5.74, 6) is 7.23. The van der Waals surface area contributed by atoms with Gasteiger partial charge in [-0.05, 0) is 42.9 Å². The normalized spacial score (nSPS) is 14.4. The number of thioether (sulfide) groups is 1. The molecule has 9 nitrogen and oxygen atoms in total. The number of aryl methyl sites for hydroxylation is 1. The molecule has 174 valence electrons. The topological polar surface area (TPSA) is 124 Å². The van der Waals surface area contributed by atoms with Gasteiger partial charge in [0.05, 0.1) is 5.75 Å². The van der Waals surface area contributed by atoms with Crippen LogP contribution < -0.4 is 21.2 Å². The highest BCUT2D eigenvalue weighted by atomic mass is 32.2. The van der Waals surface area contributed by atoms with Gasteiger partial charge in [0.1, 0.15) is 12.4 Å². The van der Waals surface area contributed by atoms with E-state index in [1.807, 2.05) is 13.0 Å². The highest BCUT2D eigenvalue weighted by Crippen LogP contribution is 2.28. The molecule has 0 aliphatic heterocycles. The molecule has 1 aliphatic rings. The Bertz CT molecular complexity index is 940. The van der Waals surface area contributed by atoms with Crippen LogP contribution in [0, 0.1) is 6.92 Å². The lowest BCUT2D eigenvalue weighted by molar-refractivity contribution is -0.117. The molecule has 0 saturated heterocycles. The van der Waals surface area contributed by atoms with Crippen molar-refractivity contribution in [3.63, 3.8) is 0 Å². The molecule has 0 spiro atoms. The van der Waals surface area contributed by atoms with Crippen LogP contribution in [-0.2, 0) is 11.4 Å². The first-order valence-electron chi connectivity index (χ1n) is 11.0. The number of carbonyl (C=O) groups is 2. The van der Waals surface area contributed by atoms with E-state index in [-0.39, 0.29) is 18.4 Å². The molecular weight excluding hydrogens is 428 g/mol. The molecule has 0 radical (unpaired) electrons. The summed E-state index contributed by atoms with van der Waals surface area (Å²) in [7, 11) is 0. The molecule has 0 atom stereocenters. The molecule has 4 N–H and O–H groups in total. The lowest BCUT2D eigenvalue weighted by Gasteiger charge is -2.22. The molecule has 3 rings (SSSR count). The number of carbonyl (C=O) groups excluding carboxylic acids is 2. The number of aromatic nitrogens is 3. The quantitative estimate of drug-likeness (QED) is 0.408. The van der Waals surface area contributed by atoms with Gasteiger partial charge in [0, 0.05) is 6.04 Å². The van der Waals surface area contributed by atoms with Crippen molar-refractivity contribution < 1.29 is 14.3 Å². The van der Waals surface area contributed by atoms with Gasteiger partial charge >= 0.3 is 6.03 Å². The summed E-state index contributed by atoms with van der Waals surface area (Å²) >= 11 is 1.11. The van der Waals surface area contributed by atoms with Gasteiger partial charge in [-0.25, -0.2) is 9.47 Å². The average molecular weight is 461 g/mol. The summed E-state index contributed by atoms with van der Waals surface area (Å²) in [5.41, 5.74) is 2.21. The van der Waals surface area contributed by atoms with Gasteiger partial charge in [-0.15, -0.1) is 10.2 Å². The number of nitrogens with zero attached hydrogens (tertiary/aromatic N) is 3. The molecule has 0 bridgehead atoms. The van der Waals surface area contributed by atoms with Crippen LogP contribution >= 0.6 is 11.8 Å². The Morgan fingerprint density at radius 1 is 1.25 bits per heavy atom. The van der Waals surface area contributed by atoms with Gasteiger partial charge in [-0.2, -0.15) is 0 Å². The predicted molar refractivity (Wildman–Crippen MR) is 124 cm³/mol. The number of urea groups is 1. The molecule has 1 saturated carbocycles. The SMILES string of the molecule is Cc1ccc(C(C)C)c(OCc2nnc(SCC(=O)NC(=O)NC3CCCCC3)n2N)c1. The fourth-order valence-corrected chi connectivity index (χ4v) is 4.33. The van der Waals surface area contributed by atoms with E-state index in [0.717, 1.165) is 54.3 Å². The van der Waals surface area contributed by atoms with Crippen molar-refractivity contribution in [2.24, 2.45) is 0 Å². The fraction of sp³-hybridized carbons (Fsp3) is 0.545. The third-order valence-corrected chi connectivity index (χ3v) is 6.35. The number of nitrogen functional groups attached to an aromatic ring is 1. The molecule has 1 aromatic carbocycles. The van der Waals surface area contributed by atoms with Gasteiger partial charge < -0.3 is 15.9 Å². The summed E-state index contributed by atoms with van der Waals surface area (Å²) < 4.78 is 7.28. The van der Waals surface area contributed by atoms with E-state index in [1.54, 1.807) is 0 Å². The maximum absolute atomic E-state index is 12.1. The summed E-state index contributed by atoms with van der Waals surface area (Å²) in [6.07, 6.45) is 5.33. The standard InChI is InChI=1S/C22H32N6O3S/c1-14(2)17-10-9-15(3)11-18(17)31-12-19-26-27-22(28(19)23)32-13-20(29)25-21(30)24-16-7-5-4-6-8-16/h9-11,14,16H,4-8,12-13,23H2,1-3H3,(H2,24,25,29,30). The number of benzene rings is 1. The number of hydrogen-bond acceptors (Lipinski definition) is 7. The third kappa shape index (κ3) is 6.62. The fourth-order valence-electron chi connectivity index (χ4n) is 3.65. The van der Waals surface area contributed by atoms with Crippen LogP contribution in [0.1, 0.15) is 68.8 Å². The largest absolute Gasteiger partial charge is 0.485 e. The predicted octanol–water partition coefficient (Wildman–Crippen LogP) is 3.25. The zero-order valence-electron chi connectivity index (χ0n) is 18.9. The number of hydrogen-bond donors (Lipinski definition) is 3. The van der Waals surface area contributed by atoms with Crippen LogP contribution in [0.4, 0.5) is 4.79 Å². The Kier molecular flexibility index (Phi) is 8.38. The second kappa shape index (κ2) is 11.2. The van der Waals surface area contributed by atoms with E-state index in [1.165, 1.54) is 11.1 Å². The van der Waals surface area contributed by atoms with E-state index < -0.39 is 11.9 Å². The van der Waals surface area contributed by atoms with Gasteiger partial charge in [-0.1, -0.05) is 57.0 Å². The van der Waals surface area contributed by atoms with Gasteiger partial charge in [0.25, 0.3) is 0 Å². The van der Waals surface area contributed by atoms with Gasteiger partial charge in [0.2, 0.25) is 11.1 Å². The maximum Gasteiger partial charge on any atom is 0.321 e. The molecule has 1 aromatic heterocycles. The van der Waals surface area contributed by atoms with Crippen LogP contribution in [-0.4, -0.2) is 38.6 Å². The van der Waals surface area contributed by atoms with Crippen molar-refractivity contribution in [2.75, 3.05) is 11.6 Å². The Labute approximate surface area is 192 Å². The Morgan fingerprint density at radius 2 is 2.00 bits per heavy atom. The summed E-state index contributed by atoms with van der Waals surface area (Å²) in [4.78, 5) is 24.1.